The number of hydrogen-bond acceptors (Lipinski definition) is 12. The van der Waals surface area contributed by atoms with Crippen LogP contribution < -0.4 is 0 Å². The summed E-state index contributed by atoms with van der Waals surface area (Å²) in [5, 5.41) is 13.0. The van der Waals surface area contributed by atoms with Gasteiger partial charge in [-0.25, -0.2) is 9.13 Å². The van der Waals surface area contributed by atoms with E-state index in [4.69, 9.17) is 35.7 Å². The van der Waals surface area contributed by atoms with Crippen molar-refractivity contribution < 1.29 is 90.2 Å². The summed E-state index contributed by atoms with van der Waals surface area (Å²) >= 11 is 0. The van der Waals surface area contributed by atoms with Gasteiger partial charge < -0.3 is 19.6 Å². The fourth-order valence-electron chi connectivity index (χ4n) is 4.63. The first-order chi connectivity index (χ1) is 20.6. The Morgan fingerprint density at radius 2 is 1.00 bits per heavy atom. The first-order valence-electron chi connectivity index (χ1n) is 13.2. The van der Waals surface area contributed by atoms with Crippen molar-refractivity contribution >= 4 is 62.2 Å². The zero-order chi connectivity index (χ0) is 36.1. The van der Waals surface area contributed by atoms with Gasteiger partial charge in [-0.2, -0.15) is 25.4 Å². The molecule has 0 bridgehead atoms. The molecule has 2 fully saturated rings. The molecule has 0 saturated heterocycles. The van der Waals surface area contributed by atoms with Crippen molar-refractivity contribution in [2.45, 2.75) is 62.0 Å². The molecule has 2 rings (SSSR count). The smallest absolute Gasteiger partial charge is 0.396 e. The lowest BCUT2D eigenvalue weighted by molar-refractivity contribution is 0.135. The molecule has 0 aromatic carbocycles. The predicted molar refractivity (Wildman–Crippen MR) is 155 cm³/mol. The zero-order valence-corrected chi connectivity index (χ0v) is 29.6. The van der Waals surface area contributed by atoms with Crippen molar-refractivity contribution in [1.29, 1.82) is 0 Å². The van der Waals surface area contributed by atoms with Gasteiger partial charge in [0.25, 0.3) is 0 Å². The Hall–Kier alpha value is 0.770. The maximum Gasteiger partial charge on any atom is 0.520 e. The van der Waals surface area contributed by atoms with Crippen LogP contribution in [0.2, 0.25) is 11.6 Å². The van der Waals surface area contributed by atoms with E-state index in [2.05, 4.69) is 17.7 Å². The molecule has 4 N–H and O–H groups in total. The Labute approximate surface area is 264 Å². The highest BCUT2D eigenvalue weighted by Crippen LogP contribution is 2.77. The lowest BCUT2D eigenvalue weighted by Crippen LogP contribution is -2.18. The van der Waals surface area contributed by atoms with Crippen molar-refractivity contribution in [3.05, 3.63) is 0 Å². The Morgan fingerprint density at radius 3 is 1.37 bits per heavy atom. The molecular formula is C18H34B2F6O14P6. The van der Waals surface area contributed by atoms with Crippen LogP contribution in [0.15, 0.2) is 0 Å². The molecule has 0 amide bonds. The van der Waals surface area contributed by atoms with Crippen LogP contribution in [0.3, 0.4) is 0 Å². The van der Waals surface area contributed by atoms with Gasteiger partial charge in [-0.1, -0.05) is 37.3 Å². The first-order valence-corrected chi connectivity index (χ1v) is 22.5. The summed E-state index contributed by atoms with van der Waals surface area (Å²) in [7, 11) is -23.1. The van der Waals surface area contributed by atoms with Gasteiger partial charge in [0.05, 0.1) is 28.9 Å². The van der Waals surface area contributed by atoms with Crippen molar-refractivity contribution in [3.8, 4) is 0 Å². The van der Waals surface area contributed by atoms with E-state index in [9.17, 15) is 52.6 Å². The highest BCUT2D eigenvalue weighted by atomic mass is 31.3. The van der Waals surface area contributed by atoms with E-state index >= 15 is 0 Å². The van der Waals surface area contributed by atoms with Gasteiger partial charge in [0, 0.05) is 13.2 Å². The van der Waals surface area contributed by atoms with Crippen LogP contribution in [0.4, 0.5) is 25.2 Å². The molecule has 268 valence electrons. The van der Waals surface area contributed by atoms with Crippen LogP contribution in [-0.4, -0.2) is 72.9 Å². The standard InChI is InChI=1S/2C9H17BF3O7P3/c1-6(22(12,16)20-23(13,17)18)21(11,15)19-5-8-3-9(10)2-7(8)4-14;1-6(21(11,15)16)22(12,17)20-23(13,18)19-5-8-3-9(10)2-7(8)4-14/h6-9,14H,2-5H2,1H3,(H,17,18);6-9,14H,2-5H2,1H3,(H,15,16)/t6?,7?,8-,9+,21?,22?;6?,7?,8-,9+,22?,23?/m11/s1. The van der Waals surface area contributed by atoms with E-state index in [0.29, 0.717) is 39.5 Å². The van der Waals surface area contributed by atoms with Crippen LogP contribution in [0, 0.1) is 23.7 Å². The Morgan fingerprint density at radius 1 is 0.630 bits per heavy atom. The maximum absolute atomic E-state index is 14.0. The number of aliphatic hydroxyl groups excluding tert-OH is 2. The zero-order valence-electron chi connectivity index (χ0n) is 24.3. The first kappa shape index (κ1) is 44.8. The summed E-state index contributed by atoms with van der Waals surface area (Å²) in [6.07, 6.45) is 1.54. The van der Waals surface area contributed by atoms with Gasteiger partial charge in [0.15, 0.2) is 10.8 Å². The molecule has 0 heterocycles. The van der Waals surface area contributed by atoms with Crippen LogP contribution in [0.25, 0.3) is 0 Å². The molecule has 0 spiro atoms. The second-order valence-corrected chi connectivity index (χ2v) is 22.6. The molecule has 46 heavy (non-hydrogen) atoms. The molecule has 2 saturated carbocycles. The van der Waals surface area contributed by atoms with Crippen molar-refractivity contribution in [2.75, 3.05) is 26.4 Å². The highest BCUT2D eigenvalue weighted by molar-refractivity contribution is 7.76. The van der Waals surface area contributed by atoms with Gasteiger partial charge in [-0.15, -0.1) is 8.39 Å². The molecule has 14 atom stereocenters. The fourth-order valence-corrected chi connectivity index (χ4v) is 12.7. The topological polar surface area (TPSA) is 220 Å². The lowest BCUT2D eigenvalue weighted by Gasteiger charge is -2.23. The number of halogens is 6. The SMILES string of the molecule is [B][C@H]1CC(CO)[C@@H](COP(=O)(F)C(C)P(=O)(F)OP(=O)(O)F)C1.[B][C@H]1CC(CO)[C@@H](COP(=O)(F)OP(=O)(F)C(C)P(=O)(O)F)C1. The van der Waals surface area contributed by atoms with Gasteiger partial charge in [0.1, 0.15) is 0 Å². The van der Waals surface area contributed by atoms with Crippen molar-refractivity contribution in [1.82, 2.24) is 0 Å². The Balaban J connectivity index is 0.000000460. The van der Waals surface area contributed by atoms with Crippen LogP contribution in [0.5, 0.6) is 0 Å². The van der Waals surface area contributed by atoms with E-state index < -0.39 is 82.4 Å². The second kappa shape index (κ2) is 17.3. The van der Waals surface area contributed by atoms with Gasteiger partial charge in [-0.05, 0) is 37.5 Å². The van der Waals surface area contributed by atoms with Crippen molar-refractivity contribution in [3.63, 3.8) is 0 Å². The van der Waals surface area contributed by atoms with Gasteiger partial charge in [0.2, 0.25) is 0 Å². The third-order valence-corrected chi connectivity index (χ3v) is 18.6. The van der Waals surface area contributed by atoms with E-state index in [1.807, 2.05) is 0 Å². The summed E-state index contributed by atoms with van der Waals surface area (Å²) in [6.45, 7) is -0.654. The van der Waals surface area contributed by atoms with Gasteiger partial charge >= 0.3 is 46.5 Å². The van der Waals surface area contributed by atoms with Gasteiger partial charge in [-0.3, -0.25) is 27.7 Å². The molecule has 4 radical (unpaired) electrons. The molecule has 0 aromatic rings. The average molecular weight is 796 g/mol. The average Bonchev–Trinajstić information content (AvgIpc) is 3.43. The highest BCUT2D eigenvalue weighted by Gasteiger charge is 2.52. The molecule has 0 aromatic heterocycles. The molecular weight excluding hydrogens is 762 g/mol. The van der Waals surface area contributed by atoms with Crippen LogP contribution >= 0.6 is 46.5 Å². The van der Waals surface area contributed by atoms with Crippen LogP contribution in [-0.2, 0) is 45.1 Å². The fraction of sp³-hybridized carbons (Fsp3) is 1.00. The molecule has 10 unspecified atom stereocenters. The predicted octanol–water partition coefficient (Wildman–Crippen LogP) is 7.47. The van der Waals surface area contributed by atoms with E-state index in [0.717, 1.165) is 0 Å². The summed E-state index contributed by atoms with van der Waals surface area (Å²) in [5.41, 5.74) is 0. The van der Waals surface area contributed by atoms with Crippen LogP contribution in [0.1, 0.15) is 39.5 Å². The minimum atomic E-state index is -6.00. The summed E-state index contributed by atoms with van der Waals surface area (Å²) in [4.78, 5) is 16.7. The van der Waals surface area contributed by atoms with Crippen molar-refractivity contribution in [2.24, 2.45) is 23.7 Å². The molecule has 28 heteroatoms. The second-order valence-electron chi connectivity index (χ2n) is 10.9. The quantitative estimate of drug-likeness (QED) is 0.0676. The minimum absolute atomic E-state index is 0.256. The van der Waals surface area contributed by atoms with E-state index in [-0.39, 0.29) is 36.7 Å². The Kier molecular flexibility index (Phi) is 16.9. The maximum atomic E-state index is 14.0. The molecule has 2 aliphatic carbocycles. The minimum Gasteiger partial charge on any atom is -0.396 e. The normalized spacial score (nSPS) is 34.3. The largest absolute Gasteiger partial charge is 0.520 e. The monoisotopic (exact) mass is 796 g/mol. The number of rotatable bonds is 16. The Bertz CT molecular complexity index is 1300. The number of hydrogen-bond donors (Lipinski definition) is 4. The third-order valence-electron chi connectivity index (χ3n) is 7.35. The summed E-state index contributed by atoms with van der Waals surface area (Å²) in [6, 6.07) is 0. The third kappa shape index (κ3) is 14.6. The number of aliphatic hydroxyl groups is 2. The lowest BCUT2D eigenvalue weighted by atomic mass is 9.85. The summed E-state index contributed by atoms with van der Waals surface area (Å²) in [5.74, 6) is -2.14. The summed E-state index contributed by atoms with van der Waals surface area (Å²) < 4.78 is 162. The van der Waals surface area contributed by atoms with E-state index in [1.165, 1.54) is 0 Å². The van der Waals surface area contributed by atoms with E-state index in [1.54, 1.807) is 0 Å². The molecule has 2 aliphatic rings. The molecule has 0 aliphatic heterocycles. The molecule has 14 nitrogen and oxygen atoms in total.